The number of rotatable bonds is 4. The number of hydrogen-bond donors (Lipinski definition) is 6. The van der Waals surface area contributed by atoms with Crippen molar-refractivity contribution in [2.24, 2.45) is 5.14 Å². The van der Waals surface area contributed by atoms with E-state index in [-0.39, 0.29) is 22.6 Å². The van der Waals surface area contributed by atoms with E-state index in [2.05, 4.69) is 10.2 Å². The van der Waals surface area contributed by atoms with Gasteiger partial charge in [-0.25, -0.2) is 14.7 Å². The van der Waals surface area contributed by atoms with Gasteiger partial charge >= 0.3 is 11.9 Å². The van der Waals surface area contributed by atoms with Gasteiger partial charge < -0.3 is 15.9 Å². The zero-order chi connectivity index (χ0) is 17.6. The Balaban J connectivity index is 0.000000277. The third-order valence-electron chi connectivity index (χ3n) is 2.26. The van der Waals surface area contributed by atoms with Crippen LogP contribution in [0.2, 0.25) is 0 Å². The number of hydrogen-bond acceptors (Lipinski definition) is 6. The lowest BCUT2D eigenvalue weighted by atomic mass is 10.1. The average molecular weight is 343 g/mol. The minimum absolute atomic E-state index is 0.0440. The number of aromatic carboxylic acids is 2. The number of carbonyl (C=O) groups is 2. The number of nitrogen functional groups attached to an aromatic ring is 1. The molecule has 8 N–H and O–H groups in total. The van der Waals surface area contributed by atoms with E-state index in [9.17, 15) is 18.0 Å². The molecule has 0 aliphatic rings. The van der Waals surface area contributed by atoms with Crippen molar-refractivity contribution in [2.75, 3.05) is 10.5 Å². The molecular formula is C11H13N5O6S. The van der Waals surface area contributed by atoms with E-state index in [1.165, 1.54) is 24.4 Å². The molecule has 0 spiro atoms. The van der Waals surface area contributed by atoms with Gasteiger partial charge in [0.2, 0.25) is 0 Å². The monoisotopic (exact) mass is 343 g/mol. The maximum atomic E-state index is 10.7. The Morgan fingerprint density at radius 3 is 2.22 bits per heavy atom. The van der Waals surface area contributed by atoms with E-state index in [1.54, 1.807) is 0 Å². The van der Waals surface area contributed by atoms with Crippen molar-refractivity contribution in [3.8, 4) is 0 Å². The molecule has 1 aromatic heterocycles. The quantitative estimate of drug-likeness (QED) is 0.405. The number of benzene rings is 1. The second-order valence-corrected chi connectivity index (χ2v) is 5.31. The van der Waals surface area contributed by atoms with Crippen LogP contribution in [0.1, 0.15) is 20.8 Å². The lowest BCUT2D eigenvalue weighted by molar-refractivity contribution is 0.0683. The highest BCUT2D eigenvalue weighted by molar-refractivity contribution is 7.90. The van der Waals surface area contributed by atoms with E-state index in [4.69, 9.17) is 21.1 Å². The first-order chi connectivity index (χ1) is 10.6. The van der Waals surface area contributed by atoms with Crippen LogP contribution in [0.5, 0.6) is 0 Å². The van der Waals surface area contributed by atoms with Crippen LogP contribution in [0.15, 0.2) is 30.5 Å². The summed E-state index contributed by atoms with van der Waals surface area (Å²) < 4.78 is 23.2. The molecule has 2 rings (SSSR count). The van der Waals surface area contributed by atoms with Crippen LogP contribution in [0, 0.1) is 0 Å². The van der Waals surface area contributed by atoms with Crippen molar-refractivity contribution in [1.82, 2.24) is 10.2 Å². The molecule has 0 aliphatic heterocycles. The highest BCUT2D eigenvalue weighted by Crippen LogP contribution is 2.18. The molecule has 1 heterocycles. The third-order valence-corrected chi connectivity index (χ3v) is 2.78. The molecule has 0 radical (unpaired) electrons. The number of H-pyrrole nitrogens is 1. The standard InChI is InChI=1S/C7H9N3O4S.C4H4N2O2/c8-6-2-1-4(10-15(9,13)14)3-5(6)7(11)12;7-4(8)3-1-2-5-6-3/h1-3,10H,8H2,(H,11,12)(H2,9,13,14);1-2H,(H,5,6)(H,7,8). The summed E-state index contributed by atoms with van der Waals surface area (Å²) in [5.41, 5.74) is 5.31. The normalized spacial score (nSPS) is 10.3. The second-order valence-electron chi connectivity index (χ2n) is 4.02. The predicted molar refractivity (Wildman–Crippen MR) is 80.1 cm³/mol. The van der Waals surface area contributed by atoms with Crippen molar-refractivity contribution in [2.45, 2.75) is 0 Å². The largest absolute Gasteiger partial charge is 0.478 e. The van der Waals surface area contributed by atoms with Gasteiger partial charge in [0.1, 0.15) is 0 Å². The number of aromatic amines is 1. The molecule has 124 valence electrons. The smallest absolute Gasteiger partial charge is 0.356 e. The van der Waals surface area contributed by atoms with Crippen molar-refractivity contribution in [3.05, 3.63) is 41.7 Å². The highest BCUT2D eigenvalue weighted by atomic mass is 32.2. The van der Waals surface area contributed by atoms with E-state index in [0.29, 0.717) is 0 Å². The third kappa shape index (κ3) is 6.03. The molecule has 0 fully saturated rings. The Morgan fingerprint density at radius 1 is 1.17 bits per heavy atom. The van der Waals surface area contributed by atoms with Gasteiger partial charge in [-0.15, -0.1) is 0 Å². The summed E-state index contributed by atoms with van der Waals surface area (Å²) in [4.78, 5) is 20.6. The summed E-state index contributed by atoms with van der Waals surface area (Å²) in [6.07, 6.45) is 1.46. The second kappa shape index (κ2) is 7.24. The lowest BCUT2D eigenvalue weighted by Crippen LogP contribution is -2.22. The summed E-state index contributed by atoms with van der Waals surface area (Å²) in [6, 6.07) is 5.06. The lowest BCUT2D eigenvalue weighted by Gasteiger charge is -2.06. The van der Waals surface area contributed by atoms with Crippen molar-refractivity contribution >= 4 is 33.5 Å². The molecule has 0 bridgehead atoms. The van der Waals surface area contributed by atoms with Crippen LogP contribution in [-0.4, -0.2) is 40.8 Å². The number of nitrogens with one attached hydrogen (secondary N) is 2. The summed E-state index contributed by atoms with van der Waals surface area (Å²) in [7, 11) is -3.92. The zero-order valence-corrected chi connectivity index (χ0v) is 12.2. The number of nitrogens with two attached hydrogens (primary N) is 2. The molecule has 0 saturated carbocycles. The summed E-state index contributed by atoms with van der Waals surface area (Å²) in [5.74, 6) is -2.25. The van der Waals surface area contributed by atoms with Crippen LogP contribution in [0.25, 0.3) is 0 Å². The van der Waals surface area contributed by atoms with Gasteiger partial charge in [0.05, 0.1) is 11.3 Å². The Hall–Kier alpha value is -3.12. The average Bonchev–Trinajstić information content (AvgIpc) is 2.94. The number of nitrogens with zero attached hydrogens (tertiary/aromatic N) is 1. The maximum absolute atomic E-state index is 10.7. The molecule has 0 unspecified atom stereocenters. The summed E-state index contributed by atoms with van der Waals surface area (Å²) in [5, 5.41) is 27.4. The topological polar surface area (TPSA) is 201 Å². The number of anilines is 2. The summed E-state index contributed by atoms with van der Waals surface area (Å²) >= 11 is 0. The Labute approximate surface area is 130 Å². The minimum atomic E-state index is -3.92. The van der Waals surface area contributed by atoms with Crippen molar-refractivity contribution in [1.29, 1.82) is 0 Å². The predicted octanol–water partition coefficient (Wildman–Crippen LogP) is -0.310. The van der Waals surface area contributed by atoms with Crippen molar-refractivity contribution in [3.63, 3.8) is 0 Å². The Morgan fingerprint density at radius 2 is 1.83 bits per heavy atom. The molecular weight excluding hydrogens is 330 g/mol. The van der Waals surface area contributed by atoms with Gasteiger partial charge in [-0.05, 0) is 24.3 Å². The first kappa shape index (κ1) is 17.9. The zero-order valence-electron chi connectivity index (χ0n) is 11.4. The van der Waals surface area contributed by atoms with E-state index < -0.39 is 22.1 Å². The van der Waals surface area contributed by atoms with Crippen LogP contribution in [-0.2, 0) is 10.2 Å². The van der Waals surface area contributed by atoms with Crippen LogP contribution >= 0.6 is 0 Å². The maximum Gasteiger partial charge on any atom is 0.356 e. The highest BCUT2D eigenvalue weighted by Gasteiger charge is 2.10. The molecule has 0 aliphatic carbocycles. The number of carboxylic acid groups (broad SMARTS) is 2. The first-order valence-electron chi connectivity index (χ1n) is 5.76. The van der Waals surface area contributed by atoms with Crippen molar-refractivity contribution < 1.29 is 28.2 Å². The number of carboxylic acids is 2. The van der Waals surface area contributed by atoms with Crippen LogP contribution in [0.3, 0.4) is 0 Å². The molecule has 0 amide bonds. The first-order valence-corrected chi connectivity index (χ1v) is 7.31. The van der Waals surface area contributed by atoms with Gasteiger partial charge in [0.15, 0.2) is 5.69 Å². The SMILES string of the molecule is Nc1ccc(NS(N)(=O)=O)cc1C(=O)O.O=C(O)c1cc[nH]n1. The molecule has 23 heavy (non-hydrogen) atoms. The van der Waals surface area contributed by atoms with E-state index in [0.717, 1.165) is 6.07 Å². The molecule has 0 saturated heterocycles. The van der Waals surface area contributed by atoms with E-state index in [1.807, 2.05) is 4.72 Å². The molecule has 1 aromatic carbocycles. The van der Waals surface area contributed by atoms with Crippen LogP contribution in [0.4, 0.5) is 11.4 Å². The summed E-state index contributed by atoms with van der Waals surface area (Å²) in [6.45, 7) is 0. The molecule has 11 nitrogen and oxygen atoms in total. The fraction of sp³-hybridized carbons (Fsp3) is 0. The van der Waals surface area contributed by atoms with Gasteiger partial charge in [-0.2, -0.15) is 13.5 Å². The fourth-order valence-electron chi connectivity index (χ4n) is 1.35. The van der Waals surface area contributed by atoms with Gasteiger partial charge in [-0.1, -0.05) is 0 Å². The van der Waals surface area contributed by atoms with E-state index >= 15 is 0 Å². The Kier molecular flexibility index (Phi) is 5.64. The molecule has 12 heteroatoms. The minimum Gasteiger partial charge on any atom is -0.478 e. The van der Waals surface area contributed by atoms with Gasteiger partial charge in [0, 0.05) is 11.9 Å². The molecule has 0 atom stereocenters. The Bertz CT molecular complexity index is 802. The fourth-order valence-corrected chi connectivity index (χ4v) is 1.80. The van der Waals surface area contributed by atoms with Gasteiger partial charge in [-0.3, -0.25) is 9.82 Å². The van der Waals surface area contributed by atoms with Crippen LogP contribution < -0.4 is 15.6 Å². The van der Waals surface area contributed by atoms with Gasteiger partial charge in [0.25, 0.3) is 10.2 Å². The molecule has 2 aromatic rings. The number of aromatic nitrogens is 2.